The van der Waals surface area contributed by atoms with E-state index in [2.05, 4.69) is 4.85 Å². The molecule has 0 atom stereocenters. The average molecular weight is 304 g/mol. The molecule has 0 aliphatic rings. The molecule has 0 radical (unpaired) electrons. The SMILES string of the molecule is [C-]#[N+]C(c1ccccc1)(c1ccccc1)c1cccc(Cl)c1. The lowest BCUT2D eigenvalue weighted by Gasteiger charge is -2.23. The van der Waals surface area contributed by atoms with E-state index < -0.39 is 5.54 Å². The summed E-state index contributed by atoms with van der Waals surface area (Å²) in [7, 11) is 0. The highest BCUT2D eigenvalue weighted by Crippen LogP contribution is 2.41. The Morgan fingerprint density at radius 2 is 1.18 bits per heavy atom. The van der Waals surface area contributed by atoms with Crippen LogP contribution in [0, 0.1) is 6.57 Å². The van der Waals surface area contributed by atoms with Crippen molar-refractivity contribution < 1.29 is 0 Å². The van der Waals surface area contributed by atoms with Gasteiger partial charge in [-0.25, -0.2) is 6.57 Å². The molecule has 0 spiro atoms. The van der Waals surface area contributed by atoms with Gasteiger partial charge in [0.1, 0.15) is 0 Å². The van der Waals surface area contributed by atoms with Gasteiger partial charge in [-0.2, -0.15) is 0 Å². The molecular weight excluding hydrogens is 290 g/mol. The lowest BCUT2D eigenvalue weighted by atomic mass is 9.78. The van der Waals surface area contributed by atoms with E-state index in [-0.39, 0.29) is 0 Å². The predicted molar refractivity (Wildman–Crippen MR) is 90.8 cm³/mol. The van der Waals surface area contributed by atoms with Crippen LogP contribution in [0.1, 0.15) is 16.7 Å². The van der Waals surface area contributed by atoms with Crippen LogP contribution in [-0.4, -0.2) is 0 Å². The Kier molecular flexibility index (Phi) is 3.96. The molecule has 2 heteroatoms. The van der Waals surface area contributed by atoms with E-state index in [4.69, 9.17) is 18.2 Å². The van der Waals surface area contributed by atoms with Gasteiger partial charge in [0.25, 0.3) is 0 Å². The van der Waals surface area contributed by atoms with Crippen molar-refractivity contribution in [2.75, 3.05) is 0 Å². The van der Waals surface area contributed by atoms with E-state index in [1.54, 1.807) is 0 Å². The first kappa shape index (κ1) is 14.4. The third-order valence-corrected chi connectivity index (χ3v) is 4.03. The molecule has 0 saturated heterocycles. The second-order valence-corrected chi connectivity index (χ2v) is 5.50. The first-order valence-electron chi connectivity index (χ1n) is 7.03. The minimum Gasteiger partial charge on any atom is -0.295 e. The maximum Gasteiger partial charge on any atom is 0.307 e. The zero-order valence-electron chi connectivity index (χ0n) is 11.9. The monoisotopic (exact) mass is 303 g/mol. The lowest BCUT2D eigenvalue weighted by molar-refractivity contribution is 0.772. The first-order valence-corrected chi connectivity index (χ1v) is 7.41. The van der Waals surface area contributed by atoms with Crippen LogP contribution in [0.15, 0.2) is 84.9 Å². The molecule has 22 heavy (non-hydrogen) atoms. The first-order chi connectivity index (χ1) is 10.8. The third kappa shape index (κ3) is 2.39. The number of rotatable bonds is 3. The zero-order chi connectivity index (χ0) is 15.4. The molecule has 0 heterocycles. The van der Waals surface area contributed by atoms with Gasteiger partial charge >= 0.3 is 5.54 Å². The highest BCUT2D eigenvalue weighted by molar-refractivity contribution is 6.30. The molecule has 0 aliphatic heterocycles. The zero-order valence-corrected chi connectivity index (χ0v) is 12.7. The van der Waals surface area contributed by atoms with Crippen molar-refractivity contribution in [3.63, 3.8) is 0 Å². The summed E-state index contributed by atoms with van der Waals surface area (Å²) in [4.78, 5) is 4.06. The van der Waals surface area contributed by atoms with E-state index in [1.165, 1.54) is 0 Å². The van der Waals surface area contributed by atoms with Gasteiger partial charge in [0.05, 0.1) is 0 Å². The maximum absolute atomic E-state index is 7.97. The minimum atomic E-state index is -0.882. The molecule has 106 valence electrons. The Morgan fingerprint density at radius 3 is 1.64 bits per heavy atom. The Balaban J connectivity index is 2.34. The molecule has 0 fully saturated rings. The topological polar surface area (TPSA) is 4.36 Å². The normalized spacial score (nSPS) is 10.9. The standard InChI is InChI=1S/C20H14ClN/c1-22-20(16-9-4-2-5-10-16,17-11-6-3-7-12-17)18-13-8-14-19(21)15-18/h2-15H. The van der Waals surface area contributed by atoms with E-state index in [0.29, 0.717) is 5.02 Å². The fraction of sp³-hybridized carbons (Fsp3) is 0.0500. The van der Waals surface area contributed by atoms with Crippen LogP contribution >= 0.6 is 11.6 Å². The van der Waals surface area contributed by atoms with Crippen molar-refractivity contribution in [3.05, 3.63) is 118 Å². The van der Waals surface area contributed by atoms with E-state index in [1.807, 2.05) is 84.9 Å². The molecule has 0 unspecified atom stereocenters. The number of benzene rings is 3. The van der Waals surface area contributed by atoms with Gasteiger partial charge < -0.3 is 0 Å². The Morgan fingerprint density at radius 1 is 0.682 bits per heavy atom. The molecule has 3 rings (SSSR count). The van der Waals surface area contributed by atoms with Gasteiger partial charge in [-0.15, -0.1) is 0 Å². The van der Waals surface area contributed by atoms with Crippen molar-refractivity contribution in [1.29, 1.82) is 0 Å². The molecule has 0 amide bonds. The molecule has 0 saturated carbocycles. The molecule has 3 aromatic carbocycles. The van der Waals surface area contributed by atoms with Crippen molar-refractivity contribution in [1.82, 2.24) is 0 Å². The van der Waals surface area contributed by atoms with Gasteiger partial charge in [-0.1, -0.05) is 84.4 Å². The summed E-state index contributed by atoms with van der Waals surface area (Å²) in [5, 5.41) is 0.636. The number of nitrogens with zero attached hydrogens (tertiary/aromatic N) is 1. The largest absolute Gasteiger partial charge is 0.307 e. The number of halogens is 1. The van der Waals surface area contributed by atoms with Crippen LogP contribution < -0.4 is 0 Å². The van der Waals surface area contributed by atoms with Gasteiger partial charge in [0, 0.05) is 21.7 Å². The van der Waals surface area contributed by atoms with Gasteiger partial charge in [0.2, 0.25) is 0 Å². The molecule has 0 N–H and O–H groups in total. The van der Waals surface area contributed by atoms with Crippen LogP contribution in [0.25, 0.3) is 4.85 Å². The molecule has 0 aromatic heterocycles. The van der Waals surface area contributed by atoms with Crippen molar-refractivity contribution in [2.45, 2.75) is 5.54 Å². The smallest absolute Gasteiger partial charge is 0.295 e. The highest BCUT2D eigenvalue weighted by Gasteiger charge is 2.43. The summed E-state index contributed by atoms with van der Waals surface area (Å²) >= 11 is 6.18. The van der Waals surface area contributed by atoms with Crippen LogP contribution in [-0.2, 0) is 5.54 Å². The Bertz CT molecular complexity index is 764. The summed E-state index contributed by atoms with van der Waals surface area (Å²) < 4.78 is 0. The third-order valence-electron chi connectivity index (χ3n) is 3.79. The van der Waals surface area contributed by atoms with Gasteiger partial charge in [-0.05, 0) is 12.1 Å². The molecule has 3 aromatic rings. The molecule has 0 aliphatic carbocycles. The van der Waals surface area contributed by atoms with Crippen molar-refractivity contribution >= 4 is 11.6 Å². The second-order valence-electron chi connectivity index (χ2n) is 5.06. The summed E-state index contributed by atoms with van der Waals surface area (Å²) in [6.45, 7) is 7.97. The highest BCUT2D eigenvalue weighted by atomic mass is 35.5. The second kappa shape index (κ2) is 6.05. The Labute approximate surface area is 135 Å². The summed E-state index contributed by atoms with van der Waals surface area (Å²) in [5.74, 6) is 0. The summed E-state index contributed by atoms with van der Waals surface area (Å²) in [6.07, 6.45) is 0. The molecule has 0 bridgehead atoms. The summed E-state index contributed by atoms with van der Waals surface area (Å²) in [6, 6.07) is 27.3. The van der Waals surface area contributed by atoms with Crippen LogP contribution in [0.5, 0.6) is 0 Å². The minimum absolute atomic E-state index is 0.636. The Hall–Kier alpha value is -2.56. The maximum atomic E-state index is 7.97. The van der Waals surface area contributed by atoms with Gasteiger partial charge in [-0.3, -0.25) is 4.85 Å². The van der Waals surface area contributed by atoms with Crippen molar-refractivity contribution in [2.24, 2.45) is 0 Å². The van der Waals surface area contributed by atoms with Crippen LogP contribution in [0.3, 0.4) is 0 Å². The average Bonchev–Trinajstić information content (AvgIpc) is 2.58. The van der Waals surface area contributed by atoms with E-state index >= 15 is 0 Å². The molecule has 1 nitrogen and oxygen atoms in total. The predicted octanol–water partition coefficient (Wildman–Crippen LogP) is 5.55. The lowest BCUT2D eigenvalue weighted by Crippen LogP contribution is -2.25. The van der Waals surface area contributed by atoms with Gasteiger partial charge in [0.15, 0.2) is 0 Å². The fourth-order valence-electron chi connectivity index (χ4n) is 2.77. The van der Waals surface area contributed by atoms with Crippen LogP contribution in [0.4, 0.5) is 0 Å². The van der Waals surface area contributed by atoms with E-state index in [0.717, 1.165) is 16.7 Å². The number of hydrogen-bond acceptors (Lipinski definition) is 0. The van der Waals surface area contributed by atoms with Crippen molar-refractivity contribution in [3.8, 4) is 0 Å². The quantitative estimate of drug-likeness (QED) is 0.441. The van der Waals surface area contributed by atoms with Crippen LogP contribution in [0.2, 0.25) is 5.02 Å². The van der Waals surface area contributed by atoms with E-state index in [9.17, 15) is 0 Å². The number of hydrogen-bond donors (Lipinski definition) is 0. The summed E-state index contributed by atoms with van der Waals surface area (Å²) in [5.41, 5.74) is 1.89. The fourth-order valence-corrected chi connectivity index (χ4v) is 2.96. The molecular formula is C20H14ClN.